The van der Waals surface area contributed by atoms with E-state index in [0.717, 1.165) is 0 Å². The van der Waals surface area contributed by atoms with Crippen LogP contribution in [0.2, 0.25) is 0 Å². The summed E-state index contributed by atoms with van der Waals surface area (Å²) in [6.07, 6.45) is 1.99. The van der Waals surface area contributed by atoms with Gasteiger partial charge < -0.3 is 33.7 Å². The fourth-order valence-corrected chi connectivity index (χ4v) is 3.74. The van der Waals surface area contributed by atoms with Gasteiger partial charge in [0.05, 0.1) is 47.3 Å². The van der Waals surface area contributed by atoms with Crippen LogP contribution in [0.4, 0.5) is 0 Å². The quantitative estimate of drug-likeness (QED) is 0.0963. The summed E-state index contributed by atoms with van der Waals surface area (Å²) in [5.41, 5.74) is 3.72. The predicted octanol–water partition coefficient (Wildman–Crippen LogP) is 3.61. The van der Waals surface area contributed by atoms with Crippen molar-refractivity contribution in [1.29, 1.82) is 0 Å². The maximum Gasteiger partial charge on any atom is 0.343 e. The normalized spacial score (nSPS) is 10.5. The molecule has 0 aliphatic heterocycles. The minimum atomic E-state index is -0.608. The van der Waals surface area contributed by atoms with Gasteiger partial charge in [0.25, 0.3) is 5.91 Å². The third kappa shape index (κ3) is 8.37. The van der Waals surface area contributed by atoms with Crippen LogP contribution in [-0.2, 0) is 4.79 Å². The number of amides is 2. The number of carbonyl (C=O) groups excluding carboxylic acids is 3. The van der Waals surface area contributed by atoms with Gasteiger partial charge in [0.1, 0.15) is 0 Å². The summed E-state index contributed by atoms with van der Waals surface area (Å²) >= 11 is 0. The van der Waals surface area contributed by atoms with E-state index in [1.165, 1.54) is 47.8 Å². The van der Waals surface area contributed by atoms with Gasteiger partial charge in [-0.25, -0.2) is 10.2 Å². The molecule has 3 aromatic rings. The second-order valence-corrected chi connectivity index (χ2v) is 8.59. The van der Waals surface area contributed by atoms with Crippen LogP contribution in [0.5, 0.6) is 34.5 Å². The zero-order valence-corrected chi connectivity index (χ0v) is 24.0. The molecule has 12 heteroatoms. The van der Waals surface area contributed by atoms with Crippen LogP contribution in [0.3, 0.4) is 0 Å². The number of hydrogen-bond donors (Lipinski definition) is 2. The second kappa shape index (κ2) is 15.5. The number of hydrazone groups is 1. The largest absolute Gasteiger partial charge is 0.493 e. The van der Waals surface area contributed by atoms with Crippen LogP contribution in [-0.4, -0.2) is 66.1 Å². The zero-order valence-electron chi connectivity index (χ0n) is 24.0. The van der Waals surface area contributed by atoms with E-state index in [1.54, 1.807) is 48.5 Å². The summed E-state index contributed by atoms with van der Waals surface area (Å²) in [7, 11) is 7.42. The minimum Gasteiger partial charge on any atom is -0.493 e. The lowest BCUT2D eigenvalue weighted by atomic mass is 10.2. The van der Waals surface area contributed by atoms with Crippen molar-refractivity contribution in [2.24, 2.45) is 5.10 Å². The monoisotopic (exact) mass is 579 g/mol. The Labute approximate surface area is 243 Å². The topological polar surface area (TPSA) is 143 Å². The van der Waals surface area contributed by atoms with E-state index in [0.29, 0.717) is 52.8 Å². The fourth-order valence-electron chi connectivity index (χ4n) is 3.74. The molecule has 0 fully saturated rings. The molecule has 42 heavy (non-hydrogen) atoms. The van der Waals surface area contributed by atoms with Crippen molar-refractivity contribution in [1.82, 2.24) is 10.7 Å². The number of ether oxygens (including phenoxy) is 6. The number of nitrogens with zero attached hydrogens (tertiary/aromatic N) is 1. The first-order chi connectivity index (χ1) is 20.3. The van der Waals surface area contributed by atoms with Crippen LogP contribution in [0, 0.1) is 0 Å². The van der Waals surface area contributed by atoms with Crippen molar-refractivity contribution in [3.05, 3.63) is 71.3 Å². The van der Waals surface area contributed by atoms with E-state index in [-0.39, 0.29) is 29.5 Å². The number of carbonyl (C=O) groups is 3. The van der Waals surface area contributed by atoms with E-state index in [2.05, 4.69) is 15.8 Å². The lowest BCUT2D eigenvalue weighted by molar-refractivity contribution is -0.121. The summed E-state index contributed by atoms with van der Waals surface area (Å²) in [5, 5.41) is 6.72. The summed E-state index contributed by atoms with van der Waals surface area (Å²) in [6, 6.07) is 14.4. The van der Waals surface area contributed by atoms with Gasteiger partial charge in [-0.1, -0.05) is 0 Å². The second-order valence-electron chi connectivity index (χ2n) is 8.59. The smallest absolute Gasteiger partial charge is 0.343 e. The fraction of sp³-hybridized carbons (Fsp3) is 0.267. The van der Waals surface area contributed by atoms with E-state index in [1.807, 2.05) is 0 Å². The molecule has 0 atom stereocenters. The van der Waals surface area contributed by atoms with E-state index in [4.69, 9.17) is 28.4 Å². The van der Waals surface area contributed by atoms with Gasteiger partial charge >= 0.3 is 5.97 Å². The molecule has 0 aromatic heterocycles. The molecule has 0 saturated carbocycles. The van der Waals surface area contributed by atoms with Crippen LogP contribution in [0.15, 0.2) is 59.7 Å². The number of rotatable bonds is 14. The molecule has 0 unspecified atom stereocenters. The van der Waals surface area contributed by atoms with Gasteiger partial charge in [-0.05, 0) is 66.6 Å². The molecule has 0 saturated heterocycles. The molecule has 0 aliphatic carbocycles. The van der Waals surface area contributed by atoms with Crippen molar-refractivity contribution in [2.45, 2.75) is 12.8 Å². The standard InChI is InChI=1S/C30H33N3O9/c1-37-22-12-9-20(16-26(22)40-4)29(35)31-14-6-7-28(34)33-32-18-19-8-11-24(25(15-19)39-3)42-30(36)21-10-13-23(38-2)27(17-21)41-5/h8-13,15-18H,6-7,14H2,1-5H3,(H,31,35)(H,33,34). The van der Waals surface area contributed by atoms with Crippen molar-refractivity contribution >= 4 is 24.0 Å². The Kier molecular flexibility index (Phi) is 11.5. The van der Waals surface area contributed by atoms with Gasteiger partial charge in [-0.3, -0.25) is 9.59 Å². The molecule has 0 aliphatic rings. The summed E-state index contributed by atoms with van der Waals surface area (Å²) in [4.78, 5) is 37.2. The lowest BCUT2D eigenvalue weighted by Crippen LogP contribution is -2.26. The summed E-state index contributed by atoms with van der Waals surface area (Å²) in [6.45, 7) is 0.297. The Morgan fingerprint density at radius 3 is 1.86 bits per heavy atom. The Morgan fingerprint density at radius 1 is 0.690 bits per heavy atom. The number of methoxy groups -OCH3 is 5. The van der Waals surface area contributed by atoms with E-state index < -0.39 is 5.97 Å². The molecule has 0 bridgehead atoms. The Balaban J connectivity index is 1.47. The first-order valence-electron chi connectivity index (χ1n) is 12.8. The highest BCUT2D eigenvalue weighted by molar-refractivity contribution is 5.95. The molecule has 3 rings (SSSR count). The highest BCUT2D eigenvalue weighted by atomic mass is 16.6. The molecule has 2 amide bonds. The molecule has 0 radical (unpaired) electrons. The minimum absolute atomic E-state index is 0.151. The predicted molar refractivity (Wildman–Crippen MR) is 154 cm³/mol. The van der Waals surface area contributed by atoms with Crippen LogP contribution >= 0.6 is 0 Å². The number of esters is 1. The van der Waals surface area contributed by atoms with Crippen LogP contribution < -0.4 is 39.2 Å². The summed E-state index contributed by atoms with van der Waals surface area (Å²) in [5.74, 6) is 1.13. The molecule has 2 N–H and O–H groups in total. The highest BCUT2D eigenvalue weighted by Gasteiger charge is 2.16. The van der Waals surface area contributed by atoms with Gasteiger partial charge in [0, 0.05) is 18.5 Å². The van der Waals surface area contributed by atoms with Crippen molar-refractivity contribution in [3.63, 3.8) is 0 Å². The van der Waals surface area contributed by atoms with Crippen LogP contribution in [0.25, 0.3) is 0 Å². The summed E-state index contributed by atoms with van der Waals surface area (Å²) < 4.78 is 31.7. The van der Waals surface area contributed by atoms with Gasteiger partial charge in [-0.15, -0.1) is 0 Å². The average molecular weight is 580 g/mol. The lowest BCUT2D eigenvalue weighted by Gasteiger charge is -2.11. The zero-order chi connectivity index (χ0) is 30.5. The van der Waals surface area contributed by atoms with E-state index >= 15 is 0 Å². The molecular weight excluding hydrogens is 546 g/mol. The SMILES string of the molecule is COc1ccc(C(=O)NCCCC(=O)NN=Cc2ccc(OC(=O)c3ccc(OC)c(OC)c3)c(OC)c2)cc1OC. The van der Waals surface area contributed by atoms with E-state index in [9.17, 15) is 14.4 Å². The first kappa shape index (κ1) is 31.3. The highest BCUT2D eigenvalue weighted by Crippen LogP contribution is 2.31. The Bertz CT molecular complexity index is 1440. The van der Waals surface area contributed by atoms with Gasteiger partial charge in [-0.2, -0.15) is 5.10 Å². The Morgan fingerprint density at radius 2 is 1.24 bits per heavy atom. The molecule has 3 aromatic carbocycles. The number of hydrogen-bond acceptors (Lipinski definition) is 10. The number of benzene rings is 3. The molecule has 12 nitrogen and oxygen atoms in total. The van der Waals surface area contributed by atoms with Gasteiger partial charge in [0.15, 0.2) is 34.5 Å². The molecular formula is C30H33N3O9. The van der Waals surface area contributed by atoms with Crippen molar-refractivity contribution in [3.8, 4) is 34.5 Å². The maximum absolute atomic E-state index is 12.7. The average Bonchev–Trinajstić information content (AvgIpc) is 3.02. The molecule has 0 spiro atoms. The van der Waals surface area contributed by atoms with Gasteiger partial charge in [0.2, 0.25) is 5.91 Å². The number of nitrogens with one attached hydrogen (secondary N) is 2. The molecule has 222 valence electrons. The molecule has 0 heterocycles. The van der Waals surface area contributed by atoms with Crippen molar-refractivity contribution < 1.29 is 42.8 Å². The third-order valence-electron chi connectivity index (χ3n) is 5.92. The van der Waals surface area contributed by atoms with Crippen LogP contribution in [0.1, 0.15) is 39.1 Å². The maximum atomic E-state index is 12.7. The third-order valence-corrected chi connectivity index (χ3v) is 5.92. The first-order valence-corrected chi connectivity index (χ1v) is 12.8. The Hall–Kier alpha value is -5.26. The van der Waals surface area contributed by atoms with Crippen molar-refractivity contribution in [2.75, 3.05) is 42.1 Å².